The first-order valence-corrected chi connectivity index (χ1v) is 11.3. The van der Waals surface area contributed by atoms with E-state index in [0.29, 0.717) is 21.9 Å². The minimum atomic E-state index is -0.386. The Morgan fingerprint density at radius 2 is 1.77 bits per heavy atom. The summed E-state index contributed by atoms with van der Waals surface area (Å²) in [7, 11) is 0. The number of phenols is 1. The fraction of sp³-hybridized carbons (Fsp3) is 0.160. The van der Waals surface area contributed by atoms with Crippen LogP contribution in [-0.2, 0) is 10.5 Å². The molecule has 0 amide bonds. The number of fused-ring (bicyclic) bond motifs is 1. The van der Waals surface area contributed by atoms with Crippen molar-refractivity contribution in [2.75, 3.05) is 6.61 Å². The summed E-state index contributed by atoms with van der Waals surface area (Å²) in [6.07, 6.45) is 0. The minimum Gasteiger partial charge on any atom is -0.508 e. The van der Waals surface area contributed by atoms with Crippen molar-refractivity contribution >= 4 is 40.2 Å². The number of hydrogen-bond donors (Lipinski definition) is 1. The van der Waals surface area contributed by atoms with Gasteiger partial charge in [-0.05, 0) is 62.4 Å². The van der Waals surface area contributed by atoms with E-state index in [-0.39, 0.29) is 18.3 Å². The van der Waals surface area contributed by atoms with Crippen LogP contribution in [0.3, 0.4) is 0 Å². The Morgan fingerprint density at radius 1 is 1.06 bits per heavy atom. The molecular weight excluding hydrogens is 430 g/mol. The van der Waals surface area contributed by atoms with Crippen molar-refractivity contribution in [3.05, 3.63) is 88.6 Å². The van der Waals surface area contributed by atoms with Gasteiger partial charge in [-0.1, -0.05) is 29.8 Å². The van der Waals surface area contributed by atoms with Gasteiger partial charge in [0.15, 0.2) is 0 Å². The fourth-order valence-electron chi connectivity index (χ4n) is 3.76. The van der Waals surface area contributed by atoms with E-state index in [1.54, 1.807) is 24.8 Å². The molecule has 4 rings (SSSR count). The Balaban J connectivity index is 1.90. The van der Waals surface area contributed by atoms with Crippen LogP contribution in [0.1, 0.15) is 28.5 Å². The molecule has 0 aliphatic heterocycles. The van der Waals surface area contributed by atoms with Gasteiger partial charge < -0.3 is 14.4 Å². The zero-order chi connectivity index (χ0) is 22.0. The molecule has 6 heteroatoms. The van der Waals surface area contributed by atoms with Crippen LogP contribution in [-0.4, -0.2) is 22.2 Å². The summed E-state index contributed by atoms with van der Waals surface area (Å²) in [5.74, 6) is 0.267. The molecule has 0 bridgehead atoms. The number of carbonyl (C=O) groups excluding carboxylic acids is 1. The van der Waals surface area contributed by atoms with Gasteiger partial charge in [0.1, 0.15) is 5.75 Å². The van der Waals surface area contributed by atoms with Gasteiger partial charge in [-0.3, -0.25) is 0 Å². The van der Waals surface area contributed by atoms with E-state index in [1.807, 2.05) is 72.2 Å². The van der Waals surface area contributed by atoms with E-state index >= 15 is 0 Å². The molecule has 0 unspecified atom stereocenters. The lowest BCUT2D eigenvalue weighted by molar-refractivity contribution is 0.0527. The highest BCUT2D eigenvalue weighted by molar-refractivity contribution is 7.98. The summed E-state index contributed by atoms with van der Waals surface area (Å²) in [6.45, 7) is 3.98. The molecule has 4 aromatic rings. The predicted octanol–water partition coefficient (Wildman–Crippen LogP) is 6.77. The predicted molar refractivity (Wildman–Crippen MR) is 127 cm³/mol. The first-order valence-electron chi connectivity index (χ1n) is 9.98. The number of aromatic nitrogens is 1. The number of ether oxygens (including phenoxy) is 1. The zero-order valence-electron chi connectivity index (χ0n) is 17.3. The molecule has 3 aromatic carbocycles. The highest BCUT2D eigenvalue weighted by Gasteiger charge is 2.25. The average Bonchev–Trinajstić information content (AvgIpc) is 3.07. The van der Waals surface area contributed by atoms with E-state index in [4.69, 9.17) is 16.3 Å². The molecule has 0 radical (unpaired) electrons. The molecular formula is C25H22ClNO3S. The Labute approximate surface area is 190 Å². The van der Waals surface area contributed by atoms with E-state index in [2.05, 4.69) is 0 Å². The van der Waals surface area contributed by atoms with Crippen molar-refractivity contribution in [3.63, 3.8) is 0 Å². The van der Waals surface area contributed by atoms with Gasteiger partial charge in [-0.2, -0.15) is 0 Å². The van der Waals surface area contributed by atoms with Crippen LogP contribution in [0, 0.1) is 6.92 Å². The van der Waals surface area contributed by atoms with Crippen LogP contribution in [0.25, 0.3) is 16.6 Å². The molecule has 1 N–H and O–H groups in total. The number of nitrogens with zero attached hydrogens (tertiary/aromatic N) is 1. The van der Waals surface area contributed by atoms with Gasteiger partial charge in [0.25, 0.3) is 0 Å². The number of halogens is 1. The minimum absolute atomic E-state index is 0.157. The lowest BCUT2D eigenvalue weighted by Gasteiger charge is -2.10. The molecule has 158 valence electrons. The van der Waals surface area contributed by atoms with Crippen molar-refractivity contribution in [2.24, 2.45) is 0 Å². The number of rotatable bonds is 6. The SMILES string of the molecule is CCOC(=O)c1c(C)n(-c2ccccc2)c2ccc(O)c(CSc3ccc(Cl)cc3)c12. The third-order valence-electron chi connectivity index (χ3n) is 5.15. The van der Waals surface area contributed by atoms with Gasteiger partial charge in [0.05, 0.1) is 17.7 Å². The van der Waals surface area contributed by atoms with E-state index in [1.165, 1.54) is 0 Å². The van der Waals surface area contributed by atoms with Crippen LogP contribution >= 0.6 is 23.4 Å². The fourth-order valence-corrected chi connectivity index (χ4v) is 4.82. The normalized spacial score (nSPS) is 11.1. The summed E-state index contributed by atoms with van der Waals surface area (Å²) in [5.41, 5.74) is 3.78. The summed E-state index contributed by atoms with van der Waals surface area (Å²) in [4.78, 5) is 14.0. The summed E-state index contributed by atoms with van der Waals surface area (Å²) in [6, 6.07) is 21.0. The largest absolute Gasteiger partial charge is 0.508 e. The van der Waals surface area contributed by atoms with Crippen LogP contribution < -0.4 is 0 Å². The van der Waals surface area contributed by atoms with Gasteiger partial charge in [0.2, 0.25) is 0 Å². The van der Waals surface area contributed by atoms with Crippen LogP contribution in [0.4, 0.5) is 0 Å². The van der Waals surface area contributed by atoms with Gasteiger partial charge >= 0.3 is 5.97 Å². The lowest BCUT2D eigenvalue weighted by Crippen LogP contribution is -2.07. The molecule has 31 heavy (non-hydrogen) atoms. The van der Waals surface area contributed by atoms with Gasteiger partial charge in [-0.25, -0.2) is 4.79 Å². The molecule has 0 fully saturated rings. The van der Waals surface area contributed by atoms with Crippen molar-refractivity contribution < 1.29 is 14.6 Å². The number of para-hydroxylation sites is 1. The average molecular weight is 452 g/mol. The van der Waals surface area contributed by atoms with E-state index < -0.39 is 0 Å². The van der Waals surface area contributed by atoms with Crippen molar-refractivity contribution in [1.82, 2.24) is 4.57 Å². The number of carbonyl (C=O) groups is 1. The molecule has 0 saturated carbocycles. The highest BCUT2D eigenvalue weighted by Crippen LogP contribution is 2.39. The smallest absolute Gasteiger partial charge is 0.340 e. The quantitative estimate of drug-likeness (QED) is 0.259. The van der Waals surface area contributed by atoms with E-state index in [9.17, 15) is 9.90 Å². The van der Waals surface area contributed by atoms with Crippen LogP contribution in [0.2, 0.25) is 5.02 Å². The maximum absolute atomic E-state index is 13.0. The number of phenolic OH excluding ortho intramolecular Hbond substituents is 1. The second-order valence-corrected chi connectivity index (χ2v) is 8.54. The topological polar surface area (TPSA) is 51.5 Å². The Hall–Kier alpha value is -2.89. The number of benzene rings is 3. The second-order valence-electron chi connectivity index (χ2n) is 7.05. The molecule has 0 atom stereocenters. The Kier molecular flexibility index (Phi) is 6.25. The molecule has 1 heterocycles. The Bertz CT molecular complexity index is 1230. The summed E-state index contributed by atoms with van der Waals surface area (Å²) in [5, 5.41) is 12.1. The standard InChI is InChI=1S/C25H22ClNO3S/c1-3-30-25(29)23-16(2)27(18-7-5-4-6-8-18)21-13-14-22(28)20(24(21)23)15-31-19-11-9-17(26)10-12-19/h4-14,28H,3,15H2,1-2H3. The third kappa shape index (κ3) is 4.16. The van der Waals surface area contributed by atoms with Crippen molar-refractivity contribution in [2.45, 2.75) is 24.5 Å². The van der Waals surface area contributed by atoms with Crippen LogP contribution in [0.5, 0.6) is 5.75 Å². The molecule has 1 aromatic heterocycles. The number of hydrogen-bond acceptors (Lipinski definition) is 4. The monoisotopic (exact) mass is 451 g/mol. The maximum atomic E-state index is 13.0. The molecule has 0 spiro atoms. The first kappa shape index (κ1) is 21.3. The van der Waals surface area contributed by atoms with Crippen molar-refractivity contribution in [3.8, 4) is 11.4 Å². The second kappa shape index (κ2) is 9.08. The first-order chi connectivity index (χ1) is 15.0. The molecule has 0 aliphatic carbocycles. The number of thioether (sulfide) groups is 1. The highest BCUT2D eigenvalue weighted by atomic mass is 35.5. The number of aromatic hydroxyl groups is 1. The number of esters is 1. The molecule has 0 saturated heterocycles. The van der Waals surface area contributed by atoms with Crippen LogP contribution in [0.15, 0.2) is 71.6 Å². The third-order valence-corrected chi connectivity index (χ3v) is 6.44. The van der Waals surface area contributed by atoms with Crippen molar-refractivity contribution in [1.29, 1.82) is 0 Å². The van der Waals surface area contributed by atoms with Gasteiger partial charge in [0, 0.05) is 38.0 Å². The van der Waals surface area contributed by atoms with E-state index in [0.717, 1.165) is 27.2 Å². The molecule has 4 nitrogen and oxygen atoms in total. The Morgan fingerprint density at radius 3 is 2.45 bits per heavy atom. The maximum Gasteiger partial charge on any atom is 0.340 e. The zero-order valence-corrected chi connectivity index (χ0v) is 18.8. The summed E-state index contributed by atoms with van der Waals surface area (Å²) < 4.78 is 7.42. The molecule has 0 aliphatic rings. The van der Waals surface area contributed by atoms with Gasteiger partial charge in [-0.15, -0.1) is 11.8 Å². The lowest BCUT2D eigenvalue weighted by atomic mass is 10.0. The summed E-state index contributed by atoms with van der Waals surface area (Å²) >= 11 is 7.57.